The number of carbonyl (C=O) groups excluding carboxylic acids is 1. The minimum absolute atomic E-state index is 0.299. The van der Waals surface area contributed by atoms with Gasteiger partial charge in [0.15, 0.2) is 6.61 Å². The van der Waals surface area contributed by atoms with Crippen molar-refractivity contribution in [3.8, 4) is 0 Å². The smallest absolute Gasteiger partial charge is 0.338 e. The molecular formula is C10H16N4O4. The maximum Gasteiger partial charge on any atom is 0.338 e. The minimum atomic E-state index is -1.16. The molecule has 0 saturated heterocycles. The van der Waals surface area contributed by atoms with Crippen LogP contribution in [0, 0.1) is 13.8 Å². The third-order valence-electron chi connectivity index (χ3n) is 2.45. The zero-order chi connectivity index (χ0) is 13.7. The summed E-state index contributed by atoms with van der Waals surface area (Å²) in [6.45, 7) is 3.46. The fraction of sp³-hybridized carbons (Fsp3) is 0.500. The van der Waals surface area contributed by atoms with Crippen molar-refractivity contribution in [1.29, 1.82) is 0 Å². The van der Waals surface area contributed by atoms with Crippen molar-refractivity contribution in [3.63, 3.8) is 0 Å². The molecular weight excluding hydrogens is 240 g/mol. The zero-order valence-electron chi connectivity index (χ0n) is 10.5. The van der Waals surface area contributed by atoms with E-state index in [0.29, 0.717) is 6.54 Å². The molecule has 1 heterocycles. The summed E-state index contributed by atoms with van der Waals surface area (Å²) in [7, 11) is 1.82. The molecule has 18 heavy (non-hydrogen) atoms. The summed E-state index contributed by atoms with van der Waals surface area (Å²) in [6.07, 6.45) is 0. The molecule has 0 spiro atoms. The number of carboxylic acid groups (broad SMARTS) is 1. The highest BCUT2D eigenvalue weighted by Crippen LogP contribution is 2.10. The van der Waals surface area contributed by atoms with Gasteiger partial charge in [0, 0.05) is 24.8 Å². The fourth-order valence-corrected chi connectivity index (χ4v) is 1.44. The summed E-state index contributed by atoms with van der Waals surface area (Å²) in [5.74, 6) is -1.16. The van der Waals surface area contributed by atoms with E-state index in [1.165, 1.54) is 0 Å². The van der Waals surface area contributed by atoms with E-state index >= 15 is 0 Å². The number of nitrogens with zero attached hydrogens (tertiary/aromatic N) is 2. The molecule has 1 rings (SSSR count). The van der Waals surface area contributed by atoms with Gasteiger partial charge in [0.1, 0.15) is 0 Å². The number of amides is 2. The predicted molar refractivity (Wildman–Crippen MR) is 61.6 cm³/mol. The number of hydrogen-bond acceptors (Lipinski definition) is 4. The highest BCUT2D eigenvalue weighted by molar-refractivity contribution is 5.73. The number of rotatable bonds is 5. The van der Waals surface area contributed by atoms with Crippen molar-refractivity contribution in [1.82, 2.24) is 20.6 Å². The van der Waals surface area contributed by atoms with Crippen molar-refractivity contribution >= 4 is 12.0 Å². The van der Waals surface area contributed by atoms with Crippen LogP contribution in [0.2, 0.25) is 0 Å². The molecule has 0 unspecified atom stereocenters. The van der Waals surface area contributed by atoms with Gasteiger partial charge in [0.2, 0.25) is 0 Å². The minimum Gasteiger partial charge on any atom is -0.479 e. The van der Waals surface area contributed by atoms with Crippen LogP contribution in [0.15, 0.2) is 0 Å². The van der Waals surface area contributed by atoms with Gasteiger partial charge in [-0.15, -0.1) is 0 Å². The van der Waals surface area contributed by atoms with E-state index in [9.17, 15) is 9.59 Å². The van der Waals surface area contributed by atoms with E-state index in [4.69, 9.17) is 5.11 Å². The van der Waals surface area contributed by atoms with Crippen LogP contribution in [0.4, 0.5) is 4.79 Å². The highest BCUT2D eigenvalue weighted by Gasteiger charge is 2.10. The molecule has 3 N–H and O–H groups in total. The summed E-state index contributed by atoms with van der Waals surface area (Å²) in [4.78, 5) is 25.8. The van der Waals surface area contributed by atoms with Crippen molar-refractivity contribution in [2.24, 2.45) is 7.05 Å². The second-order valence-corrected chi connectivity index (χ2v) is 3.74. The molecule has 8 heteroatoms. The van der Waals surface area contributed by atoms with Gasteiger partial charge in [-0.25, -0.2) is 15.1 Å². The standard InChI is InChI=1S/C10H16N4O4/c1-6-8(7(2)14(3)12-6)4-11-10(17)13-18-5-9(15)16/h4-5H2,1-3H3,(H,15,16)(H2,11,13,17). The third-order valence-corrected chi connectivity index (χ3v) is 2.45. The summed E-state index contributed by atoms with van der Waals surface area (Å²) in [5, 5.41) is 15.1. The van der Waals surface area contributed by atoms with E-state index in [2.05, 4.69) is 15.3 Å². The van der Waals surface area contributed by atoms with Gasteiger partial charge >= 0.3 is 12.0 Å². The average molecular weight is 256 g/mol. The average Bonchev–Trinajstić information content (AvgIpc) is 2.50. The number of hydroxylamine groups is 1. The Balaban J connectivity index is 2.40. The van der Waals surface area contributed by atoms with Gasteiger partial charge in [0.25, 0.3) is 0 Å². The summed E-state index contributed by atoms with van der Waals surface area (Å²) in [6, 6.07) is -0.598. The first-order chi connectivity index (χ1) is 8.41. The lowest BCUT2D eigenvalue weighted by atomic mass is 10.2. The molecule has 0 fully saturated rings. The number of urea groups is 1. The predicted octanol–water partition coefficient (Wildman–Crippen LogP) is -0.148. The van der Waals surface area contributed by atoms with Crippen LogP contribution in [-0.4, -0.2) is 33.5 Å². The Morgan fingerprint density at radius 3 is 2.61 bits per heavy atom. The van der Waals surface area contributed by atoms with Gasteiger partial charge in [0.05, 0.1) is 5.69 Å². The number of carbonyl (C=O) groups is 2. The molecule has 1 aromatic rings. The maximum atomic E-state index is 11.3. The Morgan fingerprint density at radius 1 is 1.44 bits per heavy atom. The van der Waals surface area contributed by atoms with Gasteiger partial charge in [-0.1, -0.05) is 0 Å². The van der Waals surface area contributed by atoms with Gasteiger partial charge in [-0.2, -0.15) is 5.10 Å². The number of nitrogens with one attached hydrogen (secondary N) is 2. The second-order valence-electron chi connectivity index (χ2n) is 3.74. The molecule has 0 aromatic carbocycles. The van der Waals surface area contributed by atoms with E-state index in [0.717, 1.165) is 17.0 Å². The molecule has 8 nitrogen and oxygen atoms in total. The maximum absolute atomic E-state index is 11.3. The first-order valence-electron chi connectivity index (χ1n) is 5.28. The molecule has 0 aliphatic heterocycles. The normalized spacial score (nSPS) is 10.2. The first kappa shape index (κ1) is 14.0. The van der Waals surface area contributed by atoms with Gasteiger partial charge in [-0.3, -0.25) is 9.52 Å². The van der Waals surface area contributed by atoms with E-state index in [1.54, 1.807) is 4.68 Å². The summed E-state index contributed by atoms with van der Waals surface area (Å²) in [5.41, 5.74) is 4.69. The summed E-state index contributed by atoms with van der Waals surface area (Å²) < 4.78 is 1.73. The van der Waals surface area contributed by atoms with Crippen LogP contribution in [0.5, 0.6) is 0 Å². The van der Waals surface area contributed by atoms with Gasteiger partial charge < -0.3 is 10.4 Å². The molecule has 2 amide bonds. The molecule has 0 bridgehead atoms. The molecule has 0 radical (unpaired) electrons. The SMILES string of the molecule is Cc1nn(C)c(C)c1CNC(=O)NOCC(=O)O. The number of aryl methyl sites for hydroxylation is 2. The van der Waals surface area contributed by atoms with Crippen molar-refractivity contribution in [2.75, 3.05) is 6.61 Å². The van der Waals surface area contributed by atoms with Gasteiger partial charge in [-0.05, 0) is 13.8 Å². The number of carboxylic acids is 1. The number of aliphatic carboxylic acids is 1. The molecule has 1 aromatic heterocycles. The Labute approximate surface area is 104 Å². The van der Waals surface area contributed by atoms with Crippen molar-refractivity contribution < 1.29 is 19.5 Å². The number of hydrogen-bond donors (Lipinski definition) is 3. The van der Waals surface area contributed by atoms with Crippen LogP contribution in [-0.2, 0) is 23.2 Å². The molecule has 0 aliphatic rings. The van der Waals surface area contributed by atoms with Crippen molar-refractivity contribution in [3.05, 3.63) is 17.0 Å². The van der Waals surface area contributed by atoms with Crippen LogP contribution in [0.25, 0.3) is 0 Å². The number of aromatic nitrogens is 2. The Morgan fingerprint density at radius 2 is 2.11 bits per heavy atom. The molecule has 100 valence electrons. The Hall–Kier alpha value is -2.09. The monoisotopic (exact) mass is 256 g/mol. The molecule has 0 atom stereocenters. The highest BCUT2D eigenvalue weighted by atomic mass is 16.7. The Bertz CT molecular complexity index is 455. The van der Waals surface area contributed by atoms with Crippen LogP contribution >= 0.6 is 0 Å². The third kappa shape index (κ3) is 3.74. The Kier molecular flexibility index (Phi) is 4.67. The van der Waals surface area contributed by atoms with Crippen LogP contribution < -0.4 is 10.8 Å². The largest absolute Gasteiger partial charge is 0.479 e. The molecule has 0 aliphatic carbocycles. The lowest BCUT2D eigenvalue weighted by Crippen LogP contribution is -2.36. The zero-order valence-corrected chi connectivity index (χ0v) is 10.5. The fourth-order valence-electron chi connectivity index (χ4n) is 1.44. The van der Waals surface area contributed by atoms with E-state index in [1.807, 2.05) is 26.4 Å². The topological polar surface area (TPSA) is 105 Å². The first-order valence-corrected chi connectivity index (χ1v) is 5.28. The van der Waals surface area contributed by atoms with E-state index in [-0.39, 0.29) is 0 Å². The molecule has 0 saturated carbocycles. The lowest BCUT2D eigenvalue weighted by Gasteiger charge is -2.07. The lowest BCUT2D eigenvalue weighted by molar-refractivity contribution is -0.144. The second kappa shape index (κ2) is 6.01. The quantitative estimate of drug-likeness (QED) is 0.635. The summed E-state index contributed by atoms with van der Waals surface area (Å²) >= 11 is 0. The van der Waals surface area contributed by atoms with Crippen LogP contribution in [0.3, 0.4) is 0 Å². The van der Waals surface area contributed by atoms with E-state index < -0.39 is 18.6 Å². The van der Waals surface area contributed by atoms with Crippen molar-refractivity contribution in [2.45, 2.75) is 20.4 Å². The van der Waals surface area contributed by atoms with Crippen LogP contribution in [0.1, 0.15) is 17.0 Å².